The van der Waals surface area contributed by atoms with Gasteiger partial charge in [-0.1, -0.05) is 18.2 Å². The maximum absolute atomic E-state index is 9.35. The molecule has 1 unspecified atom stereocenters. The number of aliphatic hydroxyl groups excluding tert-OH is 1. The van der Waals surface area contributed by atoms with Gasteiger partial charge in [-0.25, -0.2) is 0 Å². The van der Waals surface area contributed by atoms with Gasteiger partial charge in [0.1, 0.15) is 0 Å². The van der Waals surface area contributed by atoms with Gasteiger partial charge in [-0.05, 0) is 43.5 Å². The second kappa shape index (κ2) is 4.33. The highest BCUT2D eigenvalue weighted by Crippen LogP contribution is 2.20. The van der Waals surface area contributed by atoms with E-state index in [4.69, 9.17) is 0 Å². The lowest BCUT2D eigenvalue weighted by Gasteiger charge is -2.25. The quantitative estimate of drug-likeness (QED) is 0.792. The molecule has 1 aliphatic heterocycles. The van der Waals surface area contributed by atoms with Crippen LogP contribution in [-0.4, -0.2) is 29.7 Å². The molecule has 1 atom stereocenters. The van der Waals surface area contributed by atoms with Crippen LogP contribution in [0.4, 0.5) is 0 Å². The van der Waals surface area contributed by atoms with Crippen molar-refractivity contribution in [3.05, 3.63) is 34.9 Å². The number of hydrogen-bond acceptors (Lipinski definition) is 2. The van der Waals surface area contributed by atoms with Crippen LogP contribution in [-0.2, 0) is 19.4 Å². The van der Waals surface area contributed by atoms with Crippen molar-refractivity contribution in [1.29, 1.82) is 0 Å². The third kappa shape index (κ3) is 2.58. The summed E-state index contributed by atoms with van der Waals surface area (Å²) in [7, 11) is 2.16. The molecule has 0 saturated heterocycles. The van der Waals surface area contributed by atoms with Crippen molar-refractivity contribution in [3.8, 4) is 0 Å². The third-order valence-electron chi connectivity index (χ3n) is 3.00. The lowest BCUT2D eigenvalue weighted by atomic mass is 9.96. The molecule has 15 heavy (non-hydrogen) atoms. The molecule has 1 N–H and O–H groups in total. The first kappa shape index (κ1) is 10.7. The summed E-state index contributed by atoms with van der Waals surface area (Å²) < 4.78 is 0. The number of fused-ring (bicyclic) bond motifs is 1. The van der Waals surface area contributed by atoms with Crippen molar-refractivity contribution in [2.45, 2.75) is 32.4 Å². The largest absolute Gasteiger partial charge is 0.393 e. The zero-order valence-corrected chi connectivity index (χ0v) is 9.53. The molecular weight excluding hydrogens is 186 g/mol. The van der Waals surface area contributed by atoms with Crippen molar-refractivity contribution < 1.29 is 5.11 Å². The van der Waals surface area contributed by atoms with E-state index in [0.29, 0.717) is 0 Å². The van der Waals surface area contributed by atoms with Gasteiger partial charge in [-0.3, -0.25) is 0 Å². The molecule has 0 amide bonds. The van der Waals surface area contributed by atoms with E-state index >= 15 is 0 Å². The Labute approximate surface area is 91.5 Å². The molecule has 2 nitrogen and oxygen atoms in total. The molecule has 0 aliphatic carbocycles. The van der Waals surface area contributed by atoms with Gasteiger partial charge in [0.25, 0.3) is 0 Å². The van der Waals surface area contributed by atoms with Crippen LogP contribution in [0.5, 0.6) is 0 Å². The number of benzene rings is 1. The standard InChI is InChI=1S/C13H19NO/c1-10(15)7-11-3-4-12-5-6-14(2)9-13(12)8-11/h3-4,8,10,15H,5-7,9H2,1-2H3. The Morgan fingerprint density at radius 1 is 1.40 bits per heavy atom. The molecule has 2 rings (SSSR count). The second-order valence-corrected chi connectivity index (χ2v) is 4.64. The van der Waals surface area contributed by atoms with Gasteiger partial charge >= 0.3 is 0 Å². The van der Waals surface area contributed by atoms with Crippen LogP contribution >= 0.6 is 0 Å². The minimum atomic E-state index is -0.246. The van der Waals surface area contributed by atoms with E-state index < -0.39 is 0 Å². The fourth-order valence-corrected chi connectivity index (χ4v) is 2.22. The van der Waals surface area contributed by atoms with Crippen molar-refractivity contribution in [3.63, 3.8) is 0 Å². The predicted octanol–water partition coefficient (Wildman–Crippen LogP) is 1.60. The molecule has 1 aliphatic rings. The van der Waals surface area contributed by atoms with Crippen LogP contribution in [0.15, 0.2) is 18.2 Å². The fourth-order valence-electron chi connectivity index (χ4n) is 2.22. The SMILES string of the molecule is CC(O)Cc1ccc2c(c1)CN(C)CC2. The van der Waals surface area contributed by atoms with Crippen molar-refractivity contribution in [2.24, 2.45) is 0 Å². The van der Waals surface area contributed by atoms with E-state index in [-0.39, 0.29) is 6.10 Å². The number of nitrogens with zero attached hydrogens (tertiary/aromatic N) is 1. The molecule has 1 aromatic carbocycles. The smallest absolute Gasteiger partial charge is 0.0552 e. The Morgan fingerprint density at radius 3 is 2.93 bits per heavy atom. The Morgan fingerprint density at radius 2 is 2.20 bits per heavy atom. The molecule has 82 valence electrons. The van der Waals surface area contributed by atoms with Gasteiger partial charge in [-0.2, -0.15) is 0 Å². The van der Waals surface area contributed by atoms with Gasteiger partial charge in [0.15, 0.2) is 0 Å². The summed E-state index contributed by atoms with van der Waals surface area (Å²) in [4.78, 5) is 2.34. The van der Waals surface area contributed by atoms with Crippen molar-refractivity contribution >= 4 is 0 Å². The van der Waals surface area contributed by atoms with Crippen LogP contribution in [0.3, 0.4) is 0 Å². The average Bonchev–Trinajstić information content (AvgIpc) is 2.16. The number of hydrogen-bond donors (Lipinski definition) is 1. The van der Waals surface area contributed by atoms with E-state index in [1.807, 2.05) is 6.92 Å². The molecule has 0 radical (unpaired) electrons. The molecule has 0 bridgehead atoms. The lowest BCUT2D eigenvalue weighted by Crippen LogP contribution is -2.26. The van der Waals surface area contributed by atoms with Crippen molar-refractivity contribution in [2.75, 3.05) is 13.6 Å². The van der Waals surface area contributed by atoms with E-state index in [1.165, 1.54) is 16.7 Å². The number of rotatable bonds is 2. The highest BCUT2D eigenvalue weighted by Gasteiger charge is 2.13. The van der Waals surface area contributed by atoms with E-state index in [0.717, 1.165) is 25.9 Å². The maximum atomic E-state index is 9.35. The Bertz CT molecular complexity index is 346. The van der Waals surface area contributed by atoms with Crippen molar-refractivity contribution in [1.82, 2.24) is 4.90 Å². The van der Waals surface area contributed by atoms with Crippen LogP contribution in [0, 0.1) is 0 Å². The van der Waals surface area contributed by atoms with Crippen LogP contribution in [0.2, 0.25) is 0 Å². The zero-order valence-electron chi connectivity index (χ0n) is 9.53. The Hall–Kier alpha value is -0.860. The van der Waals surface area contributed by atoms with Crippen LogP contribution in [0.25, 0.3) is 0 Å². The van der Waals surface area contributed by atoms with E-state index in [9.17, 15) is 5.11 Å². The molecule has 1 heterocycles. The van der Waals surface area contributed by atoms with Gasteiger partial charge in [0.2, 0.25) is 0 Å². The fraction of sp³-hybridized carbons (Fsp3) is 0.538. The van der Waals surface area contributed by atoms with Crippen LogP contribution in [0.1, 0.15) is 23.6 Å². The molecule has 0 fully saturated rings. The summed E-state index contributed by atoms with van der Waals surface area (Å²) in [6.45, 7) is 4.04. The molecule has 2 heteroatoms. The topological polar surface area (TPSA) is 23.5 Å². The highest BCUT2D eigenvalue weighted by atomic mass is 16.3. The molecule has 0 spiro atoms. The minimum absolute atomic E-state index is 0.246. The molecule has 0 aromatic heterocycles. The van der Waals surface area contributed by atoms with Gasteiger partial charge in [-0.15, -0.1) is 0 Å². The maximum Gasteiger partial charge on any atom is 0.0552 e. The highest BCUT2D eigenvalue weighted by molar-refractivity contribution is 5.34. The Balaban J connectivity index is 2.20. The third-order valence-corrected chi connectivity index (χ3v) is 3.00. The van der Waals surface area contributed by atoms with E-state index in [1.54, 1.807) is 0 Å². The summed E-state index contributed by atoms with van der Waals surface area (Å²) >= 11 is 0. The van der Waals surface area contributed by atoms with Crippen LogP contribution < -0.4 is 0 Å². The summed E-state index contributed by atoms with van der Waals surface area (Å²) in [6.07, 6.45) is 1.67. The Kier molecular flexibility index (Phi) is 3.08. The predicted molar refractivity (Wildman–Crippen MR) is 61.9 cm³/mol. The minimum Gasteiger partial charge on any atom is -0.393 e. The summed E-state index contributed by atoms with van der Waals surface area (Å²) in [6, 6.07) is 6.62. The van der Waals surface area contributed by atoms with E-state index in [2.05, 4.69) is 30.1 Å². The summed E-state index contributed by atoms with van der Waals surface area (Å²) in [5, 5.41) is 9.35. The zero-order chi connectivity index (χ0) is 10.8. The van der Waals surface area contributed by atoms with Gasteiger partial charge in [0, 0.05) is 13.1 Å². The monoisotopic (exact) mass is 205 g/mol. The summed E-state index contributed by atoms with van der Waals surface area (Å²) in [5.41, 5.74) is 4.16. The lowest BCUT2D eigenvalue weighted by molar-refractivity contribution is 0.195. The first-order chi connectivity index (χ1) is 7.15. The molecule has 0 saturated carbocycles. The second-order valence-electron chi connectivity index (χ2n) is 4.64. The first-order valence-electron chi connectivity index (χ1n) is 5.62. The van der Waals surface area contributed by atoms with Gasteiger partial charge in [0.05, 0.1) is 6.10 Å². The summed E-state index contributed by atoms with van der Waals surface area (Å²) in [5.74, 6) is 0. The average molecular weight is 205 g/mol. The number of likely N-dealkylation sites (N-methyl/N-ethyl adjacent to an activating group) is 1. The van der Waals surface area contributed by atoms with Gasteiger partial charge < -0.3 is 10.0 Å². The number of aliphatic hydroxyl groups is 1. The first-order valence-corrected chi connectivity index (χ1v) is 5.62. The molecular formula is C13H19NO. The molecule has 1 aromatic rings. The normalized spacial score (nSPS) is 18.6.